The molecule has 9 nitrogen and oxygen atoms in total. The van der Waals surface area contributed by atoms with Crippen LogP contribution in [0.4, 0.5) is 0 Å². The van der Waals surface area contributed by atoms with E-state index in [9.17, 15) is 0 Å². The van der Waals surface area contributed by atoms with Crippen molar-refractivity contribution in [3.05, 3.63) is 35.7 Å². The van der Waals surface area contributed by atoms with E-state index in [2.05, 4.69) is 120 Å². The van der Waals surface area contributed by atoms with Crippen LogP contribution in [0.5, 0.6) is 0 Å². The van der Waals surface area contributed by atoms with Crippen LogP contribution in [-0.4, -0.2) is 45.0 Å². The number of aryl methyl sites for hydroxylation is 2. The van der Waals surface area contributed by atoms with Crippen molar-refractivity contribution in [2.24, 2.45) is 23.7 Å². The predicted molar refractivity (Wildman–Crippen MR) is 201 cm³/mol. The Morgan fingerprint density at radius 3 is 1.49 bits per heavy atom. The molecule has 0 aliphatic heterocycles. The molecule has 0 amide bonds. The second-order valence-corrected chi connectivity index (χ2v) is 12.9. The van der Waals surface area contributed by atoms with E-state index in [1.165, 1.54) is 12.8 Å². The van der Waals surface area contributed by atoms with E-state index < -0.39 is 0 Å². The third-order valence-electron chi connectivity index (χ3n) is 5.90. The Morgan fingerprint density at radius 2 is 1.07 bits per heavy atom. The van der Waals surface area contributed by atoms with Crippen LogP contribution in [0.3, 0.4) is 0 Å². The molecule has 0 fully saturated rings. The second kappa shape index (κ2) is 28.9. The molecule has 0 aliphatic rings. The Morgan fingerprint density at radius 1 is 0.533 bits per heavy atom. The van der Waals surface area contributed by atoms with Crippen LogP contribution in [0, 0.1) is 23.7 Å². The average molecular weight is 640 g/mol. The fourth-order valence-corrected chi connectivity index (χ4v) is 3.51. The molecule has 9 heteroatoms. The molecule has 0 saturated carbocycles. The lowest BCUT2D eigenvalue weighted by molar-refractivity contribution is 0.472. The summed E-state index contributed by atoms with van der Waals surface area (Å²) >= 11 is 0. The van der Waals surface area contributed by atoms with Crippen molar-refractivity contribution in [2.75, 3.05) is 0 Å². The van der Waals surface area contributed by atoms with Crippen LogP contribution >= 0.6 is 0 Å². The number of aromatic nitrogens is 9. The highest BCUT2D eigenvalue weighted by Gasteiger charge is 2.06. The summed E-state index contributed by atoms with van der Waals surface area (Å²) in [6.07, 6.45) is 10.6. The van der Waals surface area contributed by atoms with Gasteiger partial charge in [0.05, 0.1) is 17.1 Å². The second-order valence-electron chi connectivity index (χ2n) is 12.9. The normalized spacial score (nSPS) is 10.0. The molecule has 270 valence electrons. The highest BCUT2D eigenvalue weighted by Crippen LogP contribution is 2.11. The van der Waals surface area contributed by atoms with E-state index in [0.717, 1.165) is 54.8 Å². The van der Waals surface area contributed by atoms with Crippen LogP contribution in [-0.2, 0) is 25.9 Å². The summed E-state index contributed by atoms with van der Waals surface area (Å²) in [5.41, 5.74) is 3.31. The number of rotatable bonds is 12. The quantitative estimate of drug-likeness (QED) is 0.196. The zero-order chi connectivity index (χ0) is 29.5. The lowest BCUT2D eigenvalue weighted by atomic mass is 10.1. The molecule has 0 bridgehead atoms. The van der Waals surface area contributed by atoms with E-state index >= 15 is 0 Å². The molecule has 0 saturated heterocycles. The summed E-state index contributed by atoms with van der Waals surface area (Å²) < 4.78 is 5.79. The molecule has 3 aromatic heterocycles. The Labute approximate surface area is 282 Å². The maximum atomic E-state index is 4.12. The van der Waals surface area contributed by atoms with Gasteiger partial charge in [-0.15, -0.1) is 15.3 Å². The van der Waals surface area contributed by atoms with Gasteiger partial charge in [-0.05, 0) is 69.1 Å². The van der Waals surface area contributed by atoms with Gasteiger partial charge in [0.2, 0.25) is 0 Å². The number of hydrogen-bond donors (Lipinski definition) is 0. The minimum atomic E-state index is 0. The molecule has 0 aromatic carbocycles. The number of nitrogens with zero attached hydrogens (tertiary/aromatic N) is 9. The molecular weight excluding hydrogens is 558 g/mol. The van der Waals surface area contributed by atoms with Gasteiger partial charge < -0.3 is 0 Å². The van der Waals surface area contributed by atoms with Crippen molar-refractivity contribution in [1.29, 1.82) is 0 Å². The van der Waals surface area contributed by atoms with Gasteiger partial charge in [0.15, 0.2) is 0 Å². The monoisotopic (exact) mass is 640 g/mol. The summed E-state index contributed by atoms with van der Waals surface area (Å²) in [7, 11) is 0. The largest absolute Gasteiger partial charge is 0.252 e. The zero-order valence-electron chi connectivity index (χ0n) is 27.0. The van der Waals surface area contributed by atoms with Crippen molar-refractivity contribution in [3.63, 3.8) is 0 Å². The molecule has 45 heavy (non-hydrogen) atoms. The summed E-state index contributed by atoms with van der Waals surface area (Å²) in [6, 6.07) is 0.417. The van der Waals surface area contributed by atoms with Gasteiger partial charge in [-0.3, -0.25) is 9.36 Å². The van der Waals surface area contributed by atoms with Gasteiger partial charge >= 0.3 is 0 Å². The first-order valence-corrected chi connectivity index (χ1v) is 15.0. The van der Waals surface area contributed by atoms with Crippen molar-refractivity contribution < 1.29 is 0 Å². The maximum Gasteiger partial charge on any atom is 0.0852 e. The highest BCUT2D eigenvalue weighted by molar-refractivity contribution is 4.98. The first kappa shape index (κ1) is 54.9. The molecule has 0 N–H and O–H groups in total. The van der Waals surface area contributed by atoms with Crippen LogP contribution in [0.2, 0.25) is 0 Å². The summed E-state index contributed by atoms with van der Waals surface area (Å²) in [5.74, 6) is 3.24. The molecule has 3 aromatic rings. The first-order valence-electron chi connectivity index (χ1n) is 15.0. The molecule has 3 heterocycles. The summed E-state index contributed by atoms with van der Waals surface area (Å²) in [4.78, 5) is 0. The van der Waals surface area contributed by atoms with E-state index in [-0.39, 0.29) is 44.6 Å². The van der Waals surface area contributed by atoms with E-state index in [0.29, 0.717) is 23.8 Å². The first-order chi connectivity index (χ1) is 18.3. The van der Waals surface area contributed by atoms with E-state index in [1.54, 1.807) is 0 Å². The van der Waals surface area contributed by atoms with Gasteiger partial charge in [0, 0.05) is 37.7 Å². The molecule has 0 atom stereocenters. The Balaban J connectivity index is -0.000000119. The third kappa shape index (κ3) is 25.3. The smallest absolute Gasteiger partial charge is 0.0852 e. The third-order valence-corrected chi connectivity index (χ3v) is 5.90. The van der Waals surface area contributed by atoms with Gasteiger partial charge in [0.25, 0.3) is 0 Å². The molecule has 0 aliphatic carbocycles. The minimum absolute atomic E-state index is 0. The average Bonchev–Trinajstić information content (AvgIpc) is 3.58. The van der Waals surface area contributed by atoms with Gasteiger partial charge in [-0.25, -0.2) is 4.68 Å². The van der Waals surface area contributed by atoms with Gasteiger partial charge in [-0.1, -0.05) is 129 Å². The van der Waals surface area contributed by atoms with Crippen LogP contribution < -0.4 is 0 Å². The lowest BCUT2D eigenvalue weighted by Gasteiger charge is -2.02. The SMILES string of the molecule is C.C.C.C.C.C.CC(C)CCc1cn(C(C)C)nn1.CC(C)CCn1cc(C(C)C)nn1.CC(C)Cc1cn(CC(C)C)nn1. The van der Waals surface area contributed by atoms with E-state index in [1.807, 2.05) is 26.4 Å². The molecule has 3 rings (SSSR count). The van der Waals surface area contributed by atoms with E-state index in [4.69, 9.17) is 0 Å². The Hall–Kier alpha value is -2.58. The highest BCUT2D eigenvalue weighted by atomic mass is 15.4. The van der Waals surface area contributed by atoms with Crippen LogP contribution in [0.15, 0.2) is 18.6 Å². The summed E-state index contributed by atoms with van der Waals surface area (Å²) in [6.45, 7) is 28.1. The molecule has 0 unspecified atom stereocenters. The van der Waals surface area contributed by atoms with Gasteiger partial charge in [0.1, 0.15) is 0 Å². The standard InChI is InChI=1S/3C10H19N3.6CH4/c1-8(2)5-10-7-13(12-11-10)6-9(3)4;1-8(2)5-6-13-7-10(9(3)4)11-12-13;1-8(2)5-6-10-7-13(9(3)4)12-11-10;;;;;;/h3*7-9H,5-6H2,1-4H3;6*1H4. The zero-order valence-corrected chi connectivity index (χ0v) is 27.0. The lowest BCUT2D eigenvalue weighted by Crippen LogP contribution is -2.04. The Kier molecular flexibility index (Phi) is 35.2. The summed E-state index contributed by atoms with van der Waals surface area (Å²) in [5, 5.41) is 24.6. The topological polar surface area (TPSA) is 92.1 Å². The van der Waals surface area contributed by atoms with Crippen molar-refractivity contribution in [1.82, 2.24) is 45.0 Å². The predicted octanol–water partition coefficient (Wildman–Crippen LogP) is 10.8. The maximum absolute atomic E-state index is 4.12. The molecule has 0 spiro atoms. The molecular formula is C36H81N9. The van der Waals surface area contributed by atoms with Crippen LogP contribution in [0.1, 0.15) is 170 Å². The fourth-order valence-electron chi connectivity index (χ4n) is 3.51. The minimum Gasteiger partial charge on any atom is -0.252 e. The fraction of sp³-hybridized carbons (Fsp3) is 0.833. The van der Waals surface area contributed by atoms with Gasteiger partial charge in [-0.2, -0.15) is 0 Å². The Bertz CT molecular complexity index is 933. The van der Waals surface area contributed by atoms with Crippen molar-refractivity contribution in [2.45, 2.75) is 178 Å². The number of hydrogen-bond acceptors (Lipinski definition) is 6. The van der Waals surface area contributed by atoms with Crippen LogP contribution in [0.25, 0.3) is 0 Å². The van der Waals surface area contributed by atoms with Crippen molar-refractivity contribution in [3.8, 4) is 0 Å². The molecule has 0 radical (unpaired) electrons. The van der Waals surface area contributed by atoms with Crippen molar-refractivity contribution >= 4 is 0 Å².